The normalized spacial score (nSPS) is 16.6. The van der Waals surface area contributed by atoms with E-state index in [4.69, 9.17) is 4.74 Å². The Kier molecular flexibility index (Phi) is 6.61. The predicted molar refractivity (Wildman–Crippen MR) is 86.6 cm³/mol. The monoisotopic (exact) mass is 308 g/mol. The average molecular weight is 308 g/mol. The lowest BCUT2D eigenvalue weighted by Gasteiger charge is -2.26. The van der Waals surface area contributed by atoms with Crippen molar-refractivity contribution in [3.05, 3.63) is 35.1 Å². The quantitative estimate of drug-likeness (QED) is 0.632. The van der Waals surface area contributed by atoms with Crippen molar-refractivity contribution >= 4 is 5.96 Å². The van der Waals surface area contributed by atoms with Crippen LogP contribution in [0.25, 0.3) is 0 Å². The van der Waals surface area contributed by atoms with Crippen LogP contribution in [0.15, 0.2) is 23.2 Å². The SMILES string of the molecule is CN=C(NCCN1CCOCC1)NCc1ccc(C)c(F)c1. The summed E-state index contributed by atoms with van der Waals surface area (Å²) in [6.45, 7) is 7.68. The number of benzene rings is 1. The van der Waals surface area contributed by atoms with Crippen LogP contribution in [0.4, 0.5) is 4.39 Å². The predicted octanol–water partition coefficient (Wildman–Crippen LogP) is 1.13. The lowest BCUT2D eigenvalue weighted by molar-refractivity contribution is 0.0389. The fourth-order valence-corrected chi connectivity index (χ4v) is 2.31. The minimum atomic E-state index is -0.172. The maximum Gasteiger partial charge on any atom is 0.191 e. The van der Waals surface area contributed by atoms with E-state index >= 15 is 0 Å². The van der Waals surface area contributed by atoms with Crippen molar-refractivity contribution in [2.45, 2.75) is 13.5 Å². The third kappa shape index (κ3) is 5.27. The first-order valence-electron chi connectivity index (χ1n) is 7.68. The van der Waals surface area contributed by atoms with Gasteiger partial charge in [-0.3, -0.25) is 9.89 Å². The Bertz CT molecular complexity index is 501. The Balaban J connectivity index is 1.71. The summed E-state index contributed by atoms with van der Waals surface area (Å²) in [6.07, 6.45) is 0. The molecule has 122 valence electrons. The molecule has 0 aliphatic carbocycles. The molecule has 2 rings (SSSR count). The van der Waals surface area contributed by atoms with Gasteiger partial charge >= 0.3 is 0 Å². The fourth-order valence-electron chi connectivity index (χ4n) is 2.31. The molecule has 0 amide bonds. The second kappa shape index (κ2) is 8.70. The summed E-state index contributed by atoms with van der Waals surface area (Å²) < 4.78 is 18.8. The standard InChI is InChI=1S/C16H25FN4O/c1-13-3-4-14(11-15(13)17)12-20-16(18-2)19-5-6-21-7-9-22-10-8-21/h3-4,11H,5-10,12H2,1-2H3,(H2,18,19,20). The molecule has 1 heterocycles. The van der Waals surface area contributed by atoms with Gasteiger partial charge < -0.3 is 15.4 Å². The Labute approximate surface area is 131 Å². The first-order chi connectivity index (χ1) is 10.7. The molecule has 0 spiro atoms. The van der Waals surface area contributed by atoms with Crippen molar-refractivity contribution in [1.29, 1.82) is 0 Å². The number of halogens is 1. The number of aliphatic imine (C=N–C) groups is 1. The topological polar surface area (TPSA) is 48.9 Å². The van der Waals surface area contributed by atoms with Gasteiger partial charge in [0.05, 0.1) is 13.2 Å². The summed E-state index contributed by atoms with van der Waals surface area (Å²) in [7, 11) is 1.74. The Morgan fingerprint density at radius 1 is 1.32 bits per heavy atom. The van der Waals surface area contributed by atoms with Crippen LogP contribution in [0.3, 0.4) is 0 Å². The van der Waals surface area contributed by atoms with Gasteiger partial charge in [0.25, 0.3) is 0 Å². The van der Waals surface area contributed by atoms with E-state index in [0.29, 0.717) is 12.1 Å². The van der Waals surface area contributed by atoms with E-state index in [0.717, 1.165) is 50.9 Å². The van der Waals surface area contributed by atoms with E-state index in [1.165, 1.54) is 0 Å². The van der Waals surface area contributed by atoms with Gasteiger partial charge in [-0.2, -0.15) is 0 Å². The summed E-state index contributed by atoms with van der Waals surface area (Å²) >= 11 is 0. The van der Waals surface area contributed by atoms with Gasteiger partial charge in [0.2, 0.25) is 0 Å². The van der Waals surface area contributed by atoms with Crippen LogP contribution in [0.2, 0.25) is 0 Å². The van der Waals surface area contributed by atoms with Gasteiger partial charge in [-0.15, -0.1) is 0 Å². The van der Waals surface area contributed by atoms with E-state index < -0.39 is 0 Å². The highest BCUT2D eigenvalue weighted by molar-refractivity contribution is 5.79. The Morgan fingerprint density at radius 2 is 2.09 bits per heavy atom. The number of nitrogens with one attached hydrogen (secondary N) is 2. The first-order valence-corrected chi connectivity index (χ1v) is 7.68. The number of hydrogen-bond acceptors (Lipinski definition) is 3. The van der Waals surface area contributed by atoms with Gasteiger partial charge in [0, 0.05) is 39.8 Å². The third-order valence-electron chi connectivity index (χ3n) is 3.74. The van der Waals surface area contributed by atoms with Gasteiger partial charge in [-0.05, 0) is 24.1 Å². The molecule has 0 bridgehead atoms. The molecule has 6 heteroatoms. The minimum Gasteiger partial charge on any atom is -0.379 e. The zero-order chi connectivity index (χ0) is 15.8. The minimum absolute atomic E-state index is 0.172. The van der Waals surface area contributed by atoms with E-state index in [1.54, 1.807) is 26.1 Å². The van der Waals surface area contributed by atoms with Crippen LogP contribution in [0, 0.1) is 12.7 Å². The Morgan fingerprint density at radius 3 is 2.77 bits per heavy atom. The molecule has 1 aliphatic heterocycles. The van der Waals surface area contributed by atoms with Crippen molar-refractivity contribution in [2.24, 2.45) is 4.99 Å². The van der Waals surface area contributed by atoms with Crippen molar-refractivity contribution in [2.75, 3.05) is 46.4 Å². The molecule has 5 nitrogen and oxygen atoms in total. The van der Waals surface area contributed by atoms with Crippen LogP contribution in [-0.4, -0.2) is 57.3 Å². The van der Waals surface area contributed by atoms with Crippen molar-refractivity contribution in [3.8, 4) is 0 Å². The van der Waals surface area contributed by atoms with Crippen molar-refractivity contribution in [1.82, 2.24) is 15.5 Å². The molecule has 0 aromatic heterocycles. The summed E-state index contributed by atoms with van der Waals surface area (Å²) in [4.78, 5) is 6.54. The molecule has 1 aromatic rings. The number of rotatable bonds is 5. The summed E-state index contributed by atoms with van der Waals surface area (Å²) in [6, 6.07) is 5.27. The molecule has 0 unspecified atom stereocenters. The largest absolute Gasteiger partial charge is 0.379 e. The number of guanidine groups is 1. The van der Waals surface area contributed by atoms with Gasteiger partial charge in [0.15, 0.2) is 5.96 Å². The second-order valence-corrected chi connectivity index (χ2v) is 5.39. The molecule has 1 saturated heterocycles. The highest BCUT2D eigenvalue weighted by Gasteiger charge is 2.09. The van der Waals surface area contributed by atoms with Crippen LogP contribution >= 0.6 is 0 Å². The van der Waals surface area contributed by atoms with Crippen LogP contribution in [0.5, 0.6) is 0 Å². The summed E-state index contributed by atoms with van der Waals surface area (Å²) in [5.74, 6) is 0.559. The highest BCUT2D eigenvalue weighted by atomic mass is 19.1. The number of nitrogens with zero attached hydrogens (tertiary/aromatic N) is 2. The van der Waals surface area contributed by atoms with Gasteiger partial charge in [-0.25, -0.2) is 4.39 Å². The highest BCUT2D eigenvalue weighted by Crippen LogP contribution is 2.08. The number of morpholine rings is 1. The smallest absolute Gasteiger partial charge is 0.191 e. The Hall–Kier alpha value is -1.66. The number of ether oxygens (including phenoxy) is 1. The van der Waals surface area contributed by atoms with Gasteiger partial charge in [0.1, 0.15) is 5.82 Å². The summed E-state index contributed by atoms with van der Waals surface area (Å²) in [5, 5.41) is 6.47. The van der Waals surface area contributed by atoms with Crippen LogP contribution < -0.4 is 10.6 Å². The van der Waals surface area contributed by atoms with E-state index in [1.807, 2.05) is 6.07 Å². The average Bonchev–Trinajstić information content (AvgIpc) is 2.55. The molecule has 2 N–H and O–H groups in total. The molecule has 0 saturated carbocycles. The van der Waals surface area contributed by atoms with Gasteiger partial charge in [-0.1, -0.05) is 12.1 Å². The number of aryl methyl sites for hydroxylation is 1. The van der Waals surface area contributed by atoms with E-state index in [2.05, 4.69) is 20.5 Å². The fraction of sp³-hybridized carbons (Fsp3) is 0.562. The molecular weight excluding hydrogens is 283 g/mol. The zero-order valence-electron chi connectivity index (χ0n) is 13.4. The maximum absolute atomic E-state index is 13.5. The lowest BCUT2D eigenvalue weighted by atomic mass is 10.1. The first kappa shape index (κ1) is 16.7. The summed E-state index contributed by atoms with van der Waals surface area (Å²) in [5.41, 5.74) is 1.57. The molecule has 1 aromatic carbocycles. The lowest BCUT2D eigenvalue weighted by Crippen LogP contribution is -2.44. The van der Waals surface area contributed by atoms with Crippen molar-refractivity contribution in [3.63, 3.8) is 0 Å². The zero-order valence-corrected chi connectivity index (χ0v) is 13.4. The molecular formula is C16H25FN4O. The molecule has 22 heavy (non-hydrogen) atoms. The second-order valence-electron chi connectivity index (χ2n) is 5.39. The molecule has 1 fully saturated rings. The van der Waals surface area contributed by atoms with E-state index in [9.17, 15) is 4.39 Å². The molecule has 1 aliphatic rings. The number of hydrogen-bond donors (Lipinski definition) is 2. The van der Waals surface area contributed by atoms with Crippen LogP contribution in [-0.2, 0) is 11.3 Å². The molecule has 0 atom stereocenters. The third-order valence-corrected chi connectivity index (χ3v) is 3.74. The maximum atomic E-state index is 13.5. The van der Waals surface area contributed by atoms with Crippen LogP contribution in [0.1, 0.15) is 11.1 Å². The molecule has 0 radical (unpaired) electrons. The van der Waals surface area contributed by atoms with E-state index in [-0.39, 0.29) is 5.82 Å². The van der Waals surface area contributed by atoms with Crippen molar-refractivity contribution < 1.29 is 9.13 Å².